The van der Waals surface area contributed by atoms with E-state index >= 15 is 0 Å². The van der Waals surface area contributed by atoms with Gasteiger partial charge in [-0.2, -0.15) is 5.10 Å². The second-order valence-corrected chi connectivity index (χ2v) is 4.19. The molecule has 1 heterocycles. The fraction of sp³-hybridized carbons (Fsp3) is 0.600. The van der Waals surface area contributed by atoms with E-state index < -0.39 is 11.5 Å². The summed E-state index contributed by atoms with van der Waals surface area (Å²) in [6.07, 6.45) is 2.05. The van der Waals surface area contributed by atoms with Gasteiger partial charge in [0.2, 0.25) is 0 Å². The quantitative estimate of drug-likeness (QED) is 0.776. The number of carboxylic acid groups (broad SMARTS) is 1. The van der Waals surface area contributed by atoms with Gasteiger partial charge in [0.1, 0.15) is 5.54 Å². The Morgan fingerprint density at radius 3 is 2.80 bits per heavy atom. The molecule has 0 aliphatic rings. The van der Waals surface area contributed by atoms with Gasteiger partial charge in [0.15, 0.2) is 0 Å². The molecule has 0 aliphatic heterocycles. The third kappa shape index (κ3) is 2.56. The summed E-state index contributed by atoms with van der Waals surface area (Å²) in [6, 6.07) is 1.86. The zero-order valence-corrected chi connectivity index (χ0v) is 9.27. The minimum Gasteiger partial charge on any atom is -0.480 e. The van der Waals surface area contributed by atoms with Crippen LogP contribution in [0.15, 0.2) is 12.3 Å². The van der Waals surface area contributed by atoms with E-state index in [1.54, 1.807) is 10.9 Å². The van der Waals surface area contributed by atoms with Crippen LogP contribution in [0.1, 0.15) is 32.0 Å². The second-order valence-electron chi connectivity index (χ2n) is 4.19. The van der Waals surface area contributed by atoms with Crippen molar-refractivity contribution >= 4 is 5.97 Å². The largest absolute Gasteiger partial charge is 0.480 e. The van der Waals surface area contributed by atoms with Gasteiger partial charge in [0.25, 0.3) is 0 Å². The molecule has 2 unspecified atom stereocenters. The smallest absolute Gasteiger partial charge is 0.323 e. The molecule has 0 aliphatic carbocycles. The van der Waals surface area contributed by atoms with Crippen molar-refractivity contribution in [3.63, 3.8) is 0 Å². The molecule has 0 saturated heterocycles. The summed E-state index contributed by atoms with van der Waals surface area (Å²) < 4.78 is 1.79. The lowest BCUT2D eigenvalue weighted by Crippen LogP contribution is -2.46. The Morgan fingerprint density at radius 1 is 1.80 bits per heavy atom. The molecule has 0 saturated carbocycles. The van der Waals surface area contributed by atoms with E-state index in [4.69, 9.17) is 10.8 Å². The highest BCUT2D eigenvalue weighted by Crippen LogP contribution is 2.19. The van der Waals surface area contributed by atoms with E-state index in [0.29, 0.717) is 6.42 Å². The Kier molecular flexibility index (Phi) is 3.14. The lowest BCUT2D eigenvalue weighted by molar-refractivity contribution is -0.143. The second kappa shape index (κ2) is 4.02. The molecule has 2 atom stereocenters. The van der Waals surface area contributed by atoms with Crippen LogP contribution in [0.25, 0.3) is 0 Å². The van der Waals surface area contributed by atoms with Gasteiger partial charge in [-0.1, -0.05) is 0 Å². The SMILES string of the molecule is Cc1ccnn1C(C)CC(C)(N)C(=O)O. The number of rotatable bonds is 4. The van der Waals surface area contributed by atoms with Crippen molar-refractivity contribution in [2.24, 2.45) is 5.73 Å². The number of aliphatic carboxylic acids is 1. The van der Waals surface area contributed by atoms with Crippen LogP contribution in [0.4, 0.5) is 0 Å². The first-order chi connectivity index (χ1) is 6.84. The molecule has 84 valence electrons. The highest BCUT2D eigenvalue weighted by atomic mass is 16.4. The molecule has 0 bridgehead atoms. The summed E-state index contributed by atoms with van der Waals surface area (Å²) >= 11 is 0. The minimum atomic E-state index is -1.21. The van der Waals surface area contributed by atoms with Gasteiger partial charge >= 0.3 is 5.97 Å². The molecule has 0 fully saturated rings. The Hall–Kier alpha value is -1.36. The summed E-state index contributed by atoms with van der Waals surface area (Å²) in [4.78, 5) is 10.9. The third-order valence-corrected chi connectivity index (χ3v) is 2.49. The Morgan fingerprint density at radius 2 is 2.40 bits per heavy atom. The molecule has 5 nitrogen and oxygen atoms in total. The van der Waals surface area contributed by atoms with Crippen LogP contribution in [0, 0.1) is 6.92 Å². The number of hydrogen-bond donors (Lipinski definition) is 2. The van der Waals surface area contributed by atoms with Crippen LogP contribution >= 0.6 is 0 Å². The van der Waals surface area contributed by atoms with Crippen LogP contribution in [0.2, 0.25) is 0 Å². The van der Waals surface area contributed by atoms with Gasteiger partial charge in [0, 0.05) is 11.9 Å². The molecule has 1 aromatic rings. The van der Waals surface area contributed by atoms with Gasteiger partial charge in [0.05, 0.1) is 6.04 Å². The van der Waals surface area contributed by atoms with E-state index in [0.717, 1.165) is 5.69 Å². The number of hydrogen-bond acceptors (Lipinski definition) is 3. The predicted octanol–water partition coefficient (Wildman–Crippen LogP) is 0.945. The average molecular weight is 211 g/mol. The summed E-state index contributed by atoms with van der Waals surface area (Å²) in [5, 5.41) is 13.0. The van der Waals surface area contributed by atoms with Crippen LogP contribution in [0.5, 0.6) is 0 Å². The van der Waals surface area contributed by atoms with Gasteiger partial charge in [-0.05, 0) is 33.3 Å². The van der Waals surface area contributed by atoms with E-state index in [-0.39, 0.29) is 6.04 Å². The first-order valence-corrected chi connectivity index (χ1v) is 4.87. The van der Waals surface area contributed by atoms with Gasteiger partial charge in [-0.15, -0.1) is 0 Å². The fourth-order valence-electron chi connectivity index (χ4n) is 1.63. The highest BCUT2D eigenvalue weighted by molar-refractivity contribution is 5.77. The summed E-state index contributed by atoms with van der Waals surface area (Å²) in [6.45, 7) is 5.36. The van der Waals surface area contributed by atoms with Gasteiger partial charge in [-0.3, -0.25) is 9.48 Å². The molecule has 0 amide bonds. The normalized spacial score (nSPS) is 17.1. The molecule has 0 spiro atoms. The highest BCUT2D eigenvalue weighted by Gasteiger charge is 2.30. The number of nitrogens with zero attached hydrogens (tertiary/aromatic N) is 2. The maximum atomic E-state index is 10.9. The molecule has 1 aromatic heterocycles. The maximum absolute atomic E-state index is 10.9. The zero-order chi connectivity index (χ0) is 11.6. The van der Waals surface area contributed by atoms with Crippen molar-refractivity contribution in [2.75, 3.05) is 0 Å². The van der Waals surface area contributed by atoms with E-state index in [9.17, 15) is 4.79 Å². The molecule has 0 aromatic carbocycles. The maximum Gasteiger partial charge on any atom is 0.323 e. The molecule has 0 radical (unpaired) electrons. The first kappa shape index (κ1) is 11.7. The Balaban J connectivity index is 2.76. The predicted molar refractivity (Wildman–Crippen MR) is 56.5 cm³/mol. The lowest BCUT2D eigenvalue weighted by atomic mass is 9.95. The van der Waals surface area contributed by atoms with Crippen molar-refractivity contribution in [1.29, 1.82) is 0 Å². The Labute approximate surface area is 88.9 Å². The van der Waals surface area contributed by atoms with Crippen LogP contribution < -0.4 is 5.73 Å². The minimum absolute atomic E-state index is 0.0221. The van der Waals surface area contributed by atoms with Crippen molar-refractivity contribution in [2.45, 2.75) is 38.8 Å². The average Bonchev–Trinajstić information content (AvgIpc) is 2.50. The number of carboxylic acids is 1. The van der Waals surface area contributed by atoms with Crippen molar-refractivity contribution in [3.05, 3.63) is 18.0 Å². The number of aryl methyl sites for hydroxylation is 1. The lowest BCUT2D eigenvalue weighted by Gasteiger charge is -2.24. The monoisotopic (exact) mass is 211 g/mol. The Bertz CT molecular complexity index is 357. The number of carbonyl (C=O) groups is 1. The molecule has 1 rings (SSSR count). The zero-order valence-electron chi connectivity index (χ0n) is 9.27. The van der Waals surface area contributed by atoms with Crippen molar-refractivity contribution in [1.82, 2.24) is 9.78 Å². The van der Waals surface area contributed by atoms with Crippen molar-refractivity contribution < 1.29 is 9.90 Å². The topological polar surface area (TPSA) is 81.1 Å². The molecule has 3 N–H and O–H groups in total. The number of nitrogens with two attached hydrogens (primary N) is 1. The summed E-state index contributed by atoms with van der Waals surface area (Å²) in [7, 11) is 0. The van der Waals surface area contributed by atoms with E-state index in [2.05, 4.69) is 5.10 Å². The van der Waals surface area contributed by atoms with Gasteiger partial charge in [-0.25, -0.2) is 0 Å². The van der Waals surface area contributed by atoms with Crippen LogP contribution in [0.3, 0.4) is 0 Å². The third-order valence-electron chi connectivity index (χ3n) is 2.49. The van der Waals surface area contributed by atoms with Crippen LogP contribution in [-0.2, 0) is 4.79 Å². The summed E-state index contributed by atoms with van der Waals surface area (Å²) in [5.74, 6) is -0.987. The first-order valence-electron chi connectivity index (χ1n) is 4.87. The van der Waals surface area contributed by atoms with Crippen LogP contribution in [-0.4, -0.2) is 26.4 Å². The fourth-order valence-corrected chi connectivity index (χ4v) is 1.63. The molecule has 15 heavy (non-hydrogen) atoms. The molecular weight excluding hydrogens is 194 g/mol. The molecule has 5 heteroatoms. The summed E-state index contributed by atoms with van der Waals surface area (Å²) in [5.41, 5.74) is 5.47. The standard InChI is InChI=1S/C10H17N3O2/c1-7-4-5-12-13(7)8(2)6-10(3,11)9(14)15/h4-5,8H,6,11H2,1-3H3,(H,14,15). The van der Waals surface area contributed by atoms with Crippen molar-refractivity contribution in [3.8, 4) is 0 Å². The van der Waals surface area contributed by atoms with Gasteiger partial charge < -0.3 is 10.8 Å². The number of aromatic nitrogens is 2. The van der Waals surface area contributed by atoms with E-state index in [1.165, 1.54) is 6.92 Å². The van der Waals surface area contributed by atoms with E-state index in [1.807, 2.05) is 19.9 Å². The molecular formula is C10H17N3O2.